The molecular weight excluding hydrogens is 441 g/mol. The van der Waals surface area contributed by atoms with E-state index >= 15 is 0 Å². The third-order valence-corrected chi connectivity index (χ3v) is 5.98. The molecule has 3 aromatic rings. The number of nitrogens with zero attached hydrogens (tertiary/aromatic N) is 3. The zero-order chi connectivity index (χ0) is 22.4. The van der Waals surface area contributed by atoms with Crippen LogP contribution >= 0.6 is 23.4 Å². The highest BCUT2D eigenvalue weighted by atomic mass is 35.5. The van der Waals surface area contributed by atoms with Gasteiger partial charge in [0.25, 0.3) is 0 Å². The van der Waals surface area contributed by atoms with E-state index in [2.05, 4.69) is 15.5 Å². The van der Waals surface area contributed by atoms with E-state index in [1.165, 1.54) is 23.9 Å². The summed E-state index contributed by atoms with van der Waals surface area (Å²) in [5.41, 5.74) is 7.96. The third kappa shape index (κ3) is 6.28. The Morgan fingerprint density at radius 3 is 2.68 bits per heavy atom. The van der Waals surface area contributed by atoms with Crippen molar-refractivity contribution < 1.29 is 14.0 Å². The number of primary amides is 1. The van der Waals surface area contributed by atoms with Crippen LogP contribution in [-0.2, 0) is 16.0 Å². The van der Waals surface area contributed by atoms with Crippen molar-refractivity contribution in [3.63, 3.8) is 0 Å². The first-order valence-electron chi connectivity index (χ1n) is 9.43. The predicted octanol–water partition coefficient (Wildman–Crippen LogP) is 2.92. The summed E-state index contributed by atoms with van der Waals surface area (Å²) in [6.45, 7) is 2.00. The molecule has 1 heterocycles. The van der Waals surface area contributed by atoms with E-state index in [9.17, 15) is 14.0 Å². The van der Waals surface area contributed by atoms with Crippen LogP contribution in [0.3, 0.4) is 0 Å². The van der Waals surface area contributed by atoms with E-state index in [1.807, 2.05) is 19.1 Å². The number of hydrogen-bond acceptors (Lipinski definition) is 5. The molecule has 1 atom stereocenters. The van der Waals surface area contributed by atoms with E-state index in [-0.39, 0.29) is 24.0 Å². The predicted molar refractivity (Wildman–Crippen MR) is 118 cm³/mol. The van der Waals surface area contributed by atoms with E-state index in [0.717, 1.165) is 16.8 Å². The number of halogens is 2. The molecule has 1 unspecified atom stereocenters. The number of rotatable bonds is 9. The van der Waals surface area contributed by atoms with Crippen molar-refractivity contribution in [1.82, 2.24) is 20.1 Å². The lowest BCUT2D eigenvalue weighted by atomic mass is 9.98. The van der Waals surface area contributed by atoms with E-state index in [1.54, 1.807) is 29.1 Å². The Balaban J connectivity index is 1.55. The number of amides is 2. The highest BCUT2D eigenvalue weighted by molar-refractivity contribution is 7.99. The summed E-state index contributed by atoms with van der Waals surface area (Å²) in [5, 5.41) is 11.8. The molecule has 3 N–H and O–H groups in total. The van der Waals surface area contributed by atoms with Gasteiger partial charge in [0.15, 0.2) is 5.16 Å². The number of aryl methyl sites for hydroxylation is 1. The summed E-state index contributed by atoms with van der Waals surface area (Å²) in [6, 6.07) is 11.4. The molecule has 1 aromatic heterocycles. The fourth-order valence-corrected chi connectivity index (χ4v) is 3.76. The van der Waals surface area contributed by atoms with Gasteiger partial charge in [0.2, 0.25) is 11.8 Å². The van der Waals surface area contributed by atoms with Gasteiger partial charge < -0.3 is 11.1 Å². The van der Waals surface area contributed by atoms with Crippen molar-refractivity contribution in [2.45, 2.75) is 18.5 Å². The lowest BCUT2D eigenvalue weighted by molar-refractivity contribution is -0.122. The van der Waals surface area contributed by atoms with Crippen LogP contribution in [0.2, 0.25) is 5.02 Å². The van der Waals surface area contributed by atoms with Crippen LogP contribution in [0, 0.1) is 18.7 Å². The Morgan fingerprint density at radius 1 is 1.26 bits per heavy atom. The van der Waals surface area contributed by atoms with Crippen LogP contribution in [0.15, 0.2) is 53.9 Å². The lowest BCUT2D eigenvalue weighted by Crippen LogP contribution is -2.38. The number of thioether (sulfide) groups is 1. The average Bonchev–Trinajstić information content (AvgIpc) is 3.21. The number of carbonyl (C=O) groups excluding carboxylic acids is 2. The van der Waals surface area contributed by atoms with Gasteiger partial charge in [0.05, 0.1) is 17.4 Å². The van der Waals surface area contributed by atoms with Gasteiger partial charge >= 0.3 is 0 Å². The van der Waals surface area contributed by atoms with E-state index < -0.39 is 11.8 Å². The number of benzene rings is 2. The molecule has 0 fully saturated rings. The quantitative estimate of drug-likeness (QED) is 0.477. The van der Waals surface area contributed by atoms with Gasteiger partial charge in [-0.05, 0) is 48.7 Å². The standard InChI is InChI=1S/C21H21ClFN5O2S/c1-13-2-7-17(9-18(13)22)28-12-26-27-21(28)31-11-19(29)25-10-15(20(24)30)8-14-3-5-16(23)6-4-14/h2-7,9,12,15H,8,10-11H2,1H3,(H2,24,30)(H,25,29). The molecule has 0 aliphatic carbocycles. The van der Waals surface area contributed by atoms with Crippen molar-refractivity contribution >= 4 is 35.2 Å². The maximum atomic E-state index is 13.0. The molecule has 0 saturated heterocycles. The smallest absolute Gasteiger partial charge is 0.230 e. The number of hydrogen-bond donors (Lipinski definition) is 2. The van der Waals surface area contributed by atoms with E-state index in [0.29, 0.717) is 16.6 Å². The Hall–Kier alpha value is -2.91. The summed E-state index contributed by atoms with van der Waals surface area (Å²) >= 11 is 7.40. The first-order valence-corrected chi connectivity index (χ1v) is 10.8. The Bertz CT molecular complexity index is 1070. The maximum Gasteiger partial charge on any atom is 0.230 e. The fourth-order valence-electron chi connectivity index (χ4n) is 2.83. The SMILES string of the molecule is Cc1ccc(-n2cnnc2SCC(=O)NCC(Cc2ccc(F)cc2)C(N)=O)cc1Cl. The largest absolute Gasteiger partial charge is 0.369 e. The molecule has 0 aliphatic heterocycles. The highest BCUT2D eigenvalue weighted by Crippen LogP contribution is 2.23. The molecular formula is C21H21ClFN5O2S. The van der Waals surface area contributed by atoms with Gasteiger partial charge in [-0.3, -0.25) is 14.2 Å². The molecule has 10 heteroatoms. The molecule has 0 radical (unpaired) electrons. The summed E-state index contributed by atoms with van der Waals surface area (Å²) in [5.74, 6) is -1.68. The molecule has 162 valence electrons. The zero-order valence-corrected chi connectivity index (χ0v) is 18.3. The van der Waals surface area contributed by atoms with Crippen LogP contribution in [0.25, 0.3) is 5.69 Å². The van der Waals surface area contributed by atoms with Crippen molar-refractivity contribution in [2.75, 3.05) is 12.3 Å². The number of aromatic nitrogens is 3. The van der Waals surface area contributed by atoms with Crippen LogP contribution < -0.4 is 11.1 Å². The maximum absolute atomic E-state index is 13.0. The molecule has 31 heavy (non-hydrogen) atoms. The van der Waals surface area contributed by atoms with Crippen molar-refractivity contribution in [3.8, 4) is 5.69 Å². The van der Waals surface area contributed by atoms with Gasteiger partial charge in [-0.25, -0.2) is 4.39 Å². The number of carbonyl (C=O) groups is 2. The van der Waals surface area contributed by atoms with Crippen molar-refractivity contribution in [1.29, 1.82) is 0 Å². The number of nitrogens with one attached hydrogen (secondary N) is 1. The number of nitrogens with two attached hydrogens (primary N) is 1. The third-order valence-electron chi connectivity index (χ3n) is 4.63. The minimum atomic E-state index is -0.599. The highest BCUT2D eigenvalue weighted by Gasteiger charge is 2.18. The molecule has 0 aliphatic rings. The molecule has 3 rings (SSSR count). The summed E-state index contributed by atoms with van der Waals surface area (Å²) in [6.07, 6.45) is 1.86. The van der Waals surface area contributed by atoms with E-state index in [4.69, 9.17) is 17.3 Å². The first kappa shape index (κ1) is 22.8. The Labute approximate surface area is 188 Å². The molecule has 0 bridgehead atoms. The normalized spacial score (nSPS) is 11.8. The monoisotopic (exact) mass is 461 g/mol. The van der Waals surface area contributed by atoms with Gasteiger partial charge in [0, 0.05) is 11.6 Å². The molecule has 2 aromatic carbocycles. The van der Waals surface area contributed by atoms with Crippen LogP contribution in [-0.4, -0.2) is 38.9 Å². The molecule has 7 nitrogen and oxygen atoms in total. The van der Waals surface area contributed by atoms with Crippen LogP contribution in [0.1, 0.15) is 11.1 Å². The minimum Gasteiger partial charge on any atom is -0.369 e. The van der Waals surface area contributed by atoms with Crippen molar-refractivity contribution in [3.05, 3.63) is 70.8 Å². The van der Waals surface area contributed by atoms with Crippen molar-refractivity contribution in [2.24, 2.45) is 11.7 Å². The topological polar surface area (TPSA) is 103 Å². The van der Waals surface area contributed by atoms with Gasteiger partial charge in [-0.1, -0.05) is 41.6 Å². The molecule has 0 spiro atoms. The zero-order valence-electron chi connectivity index (χ0n) is 16.7. The second-order valence-electron chi connectivity index (χ2n) is 6.94. The summed E-state index contributed by atoms with van der Waals surface area (Å²) < 4.78 is 14.8. The second kappa shape index (κ2) is 10.4. The molecule has 2 amide bonds. The van der Waals surface area contributed by atoms with Crippen LogP contribution in [0.4, 0.5) is 4.39 Å². The first-order chi connectivity index (χ1) is 14.8. The second-order valence-corrected chi connectivity index (χ2v) is 8.29. The summed E-state index contributed by atoms with van der Waals surface area (Å²) in [7, 11) is 0. The Kier molecular flexibility index (Phi) is 7.64. The van der Waals surface area contributed by atoms with Gasteiger partial charge in [-0.15, -0.1) is 10.2 Å². The Morgan fingerprint density at radius 2 is 2.00 bits per heavy atom. The summed E-state index contributed by atoms with van der Waals surface area (Å²) in [4.78, 5) is 24.0. The lowest BCUT2D eigenvalue weighted by Gasteiger charge is -2.14. The minimum absolute atomic E-state index is 0.0836. The average molecular weight is 462 g/mol. The van der Waals surface area contributed by atoms with Gasteiger partial charge in [-0.2, -0.15) is 0 Å². The molecule has 0 saturated carbocycles. The van der Waals surface area contributed by atoms with Gasteiger partial charge in [0.1, 0.15) is 12.1 Å². The fraction of sp³-hybridized carbons (Fsp3) is 0.238. The van der Waals surface area contributed by atoms with Crippen LogP contribution in [0.5, 0.6) is 0 Å².